The molecule has 1 nitrogen and oxygen atoms in total. The maximum absolute atomic E-state index is 10.1. The Bertz CT molecular complexity index is 193. The number of aliphatic hydroxyl groups is 1. The fourth-order valence-electron chi connectivity index (χ4n) is 2.32. The van der Waals surface area contributed by atoms with Crippen molar-refractivity contribution in [2.75, 3.05) is 5.75 Å². The van der Waals surface area contributed by atoms with Gasteiger partial charge >= 0.3 is 0 Å². The van der Waals surface area contributed by atoms with Gasteiger partial charge in [0, 0.05) is 5.25 Å². The van der Waals surface area contributed by atoms with Gasteiger partial charge in [0.05, 0.1) is 6.10 Å². The first kappa shape index (κ1) is 13.1. The SMILES string of the molecule is C=CCCCC(O)C1CC(C)CS[C@@H]1C. The molecule has 1 aliphatic rings. The Kier molecular flexibility index (Phi) is 5.77. The minimum Gasteiger partial charge on any atom is -0.393 e. The highest BCUT2D eigenvalue weighted by Crippen LogP contribution is 2.36. The lowest BCUT2D eigenvalue weighted by molar-refractivity contribution is 0.0834. The molecule has 4 atom stereocenters. The van der Waals surface area contributed by atoms with Crippen LogP contribution in [-0.2, 0) is 0 Å². The van der Waals surface area contributed by atoms with Gasteiger partial charge in [-0.2, -0.15) is 11.8 Å². The molecule has 0 saturated carbocycles. The van der Waals surface area contributed by atoms with E-state index < -0.39 is 0 Å². The maximum atomic E-state index is 10.1. The zero-order valence-electron chi connectivity index (χ0n) is 9.98. The second-order valence-electron chi connectivity index (χ2n) is 4.83. The first-order chi connectivity index (χ1) is 7.15. The zero-order chi connectivity index (χ0) is 11.3. The number of aliphatic hydroxyl groups excluding tert-OH is 1. The Hall–Kier alpha value is 0.0500. The average molecular weight is 228 g/mol. The fraction of sp³-hybridized carbons (Fsp3) is 0.846. The fourth-order valence-corrected chi connectivity index (χ4v) is 3.63. The summed E-state index contributed by atoms with van der Waals surface area (Å²) in [6.45, 7) is 8.27. The average Bonchev–Trinajstić information content (AvgIpc) is 2.22. The van der Waals surface area contributed by atoms with E-state index in [2.05, 4.69) is 20.4 Å². The van der Waals surface area contributed by atoms with Crippen molar-refractivity contribution in [3.8, 4) is 0 Å². The molecule has 88 valence electrons. The van der Waals surface area contributed by atoms with E-state index in [1.54, 1.807) is 0 Å². The van der Waals surface area contributed by atoms with Crippen LogP contribution in [-0.4, -0.2) is 22.2 Å². The summed E-state index contributed by atoms with van der Waals surface area (Å²) >= 11 is 2.02. The molecule has 0 bridgehead atoms. The molecule has 3 unspecified atom stereocenters. The van der Waals surface area contributed by atoms with Crippen molar-refractivity contribution >= 4 is 11.8 Å². The van der Waals surface area contributed by atoms with Crippen molar-refractivity contribution in [1.29, 1.82) is 0 Å². The summed E-state index contributed by atoms with van der Waals surface area (Å²) in [5.74, 6) is 2.53. The Morgan fingerprint density at radius 2 is 2.27 bits per heavy atom. The second kappa shape index (κ2) is 6.59. The van der Waals surface area contributed by atoms with Crippen molar-refractivity contribution in [3.05, 3.63) is 12.7 Å². The van der Waals surface area contributed by atoms with Gasteiger partial charge in [0.2, 0.25) is 0 Å². The van der Waals surface area contributed by atoms with E-state index in [1.165, 1.54) is 12.2 Å². The zero-order valence-corrected chi connectivity index (χ0v) is 10.8. The third-order valence-corrected chi connectivity index (χ3v) is 4.96. The molecule has 0 aliphatic carbocycles. The lowest BCUT2D eigenvalue weighted by Crippen LogP contribution is -2.34. The molecule has 15 heavy (non-hydrogen) atoms. The summed E-state index contributed by atoms with van der Waals surface area (Å²) in [5, 5.41) is 10.8. The monoisotopic (exact) mass is 228 g/mol. The van der Waals surface area contributed by atoms with Gasteiger partial charge in [-0.1, -0.05) is 19.9 Å². The predicted molar refractivity (Wildman–Crippen MR) is 69.2 cm³/mol. The molecular formula is C13H24OS. The van der Waals surface area contributed by atoms with E-state index in [1.807, 2.05) is 17.8 Å². The van der Waals surface area contributed by atoms with Crippen molar-refractivity contribution < 1.29 is 5.11 Å². The van der Waals surface area contributed by atoms with Gasteiger partial charge < -0.3 is 5.11 Å². The van der Waals surface area contributed by atoms with E-state index in [-0.39, 0.29) is 6.10 Å². The van der Waals surface area contributed by atoms with Gasteiger partial charge in [-0.25, -0.2) is 0 Å². The Balaban J connectivity index is 2.35. The van der Waals surface area contributed by atoms with Crippen LogP contribution in [0, 0.1) is 11.8 Å². The molecule has 0 amide bonds. The molecule has 1 saturated heterocycles. The highest BCUT2D eigenvalue weighted by atomic mass is 32.2. The first-order valence-electron chi connectivity index (χ1n) is 6.05. The van der Waals surface area contributed by atoms with Gasteiger partial charge in [0.25, 0.3) is 0 Å². The number of hydrogen-bond donors (Lipinski definition) is 1. The topological polar surface area (TPSA) is 20.2 Å². The molecule has 0 spiro atoms. The maximum Gasteiger partial charge on any atom is 0.0579 e. The Morgan fingerprint density at radius 3 is 2.93 bits per heavy atom. The van der Waals surface area contributed by atoms with E-state index in [9.17, 15) is 5.11 Å². The van der Waals surface area contributed by atoms with Crippen LogP contribution in [0.25, 0.3) is 0 Å². The molecule has 2 heteroatoms. The van der Waals surface area contributed by atoms with Gasteiger partial charge in [-0.15, -0.1) is 6.58 Å². The summed E-state index contributed by atoms with van der Waals surface area (Å²) < 4.78 is 0. The molecule has 0 aromatic heterocycles. The molecule has 1 aliphatic heterocycles. The summed E-state index contributed by atoms with van der Waals surface area (Å²) in [5.41, 5.74) is 0. The van der Waals surface area contributed by atoms with E-state index in [0.29, 0.717) is 11.2 Å². The van der Waals surface area contributed by atoms with Crippen LogP contribution >= 0.6 is 11.8 Å². The number of rotatable bonds is 5. The van der Waals surface area contributed by atoms with Crippen molar-refractivity contribution in [2.45, 2.75) is 50.9 Å². The Morgan fingerprint density at radius 1 is 1.53 bits per heavy atom. The number of hydrogen-bond acceptors (Lipinski definition) is 2. The third-order valence-electron chi connectivity index (χ3n) is 3.32. The lowest BCUT2D eigenvalue weighted by Gasteiger charge is -2.35. The summed E-state index contributed by atoms with van der Waals surface area (Å²) in [6, 6.07) is 0. The second-order valence-corrected chi connectivity index (χ2v) is 6.24. The van der Waals surface area contributed by atoms with Crippen LogP contribution in [0.5, 0.6) is 0 Å². The lowest BCUT2D eigenvalue weighted by atomic mass is 9.86. The number of allylic oxidation sites excluding steroid dienone is 1. The summed E-state index contributed by atoms with van der Waals surface area (Å²) in [4.78, 5) is 0. The van der Waals surface area contributed by atoms with Gasteiger partial charge in [-0.05, 0) is 43.3 Å². The van der Waals surface area contributed by atoms with Gasteiger partial charge in [0.15, 0.2) is 0 Å². The molecule has 1 fully saturated rings. The largest absolute Gasteiger partial charge is 0.393 e. The predicted octanol–water partition coefficient (Wildman–Crippen LogP) is 3.48. The molecule has 1 heterocycles. The summed E-state index contributed by atoms with van der Waals surface area (Å²) in [6.07, 6.45) is 6.08. The van der Waals surface area contributed by atoms with Crippen LogP contribution in [0.4, 0.5) is 0 Å². The van der Waals surface area contributed by atoms with Crippen LogP contribution in [0.3, 0.4) is 0 Å². The summed E-state index contributed by atoms with van der Waals surface area (Å²) in [7, 11) is 0. The molecule has 0 aromatic carbocycles. The van der Waals surface area contributed by atoms with E-state index in [4.69, 9.17) is 0 Å². The standard InChI is InChI=1S/C13H24OS/c1-4-5-6-7-13(14)12-8-10(2)9-15-11(12)3/h4,10-14H,1,5-9H2,2-3H3/t10?,11-,12?,13?/m1/s1. The smallest absolute Gasteiger partial charge is 0.0579 e. The van der Waals surface area contributed by atoms with Crippen LogP contribution in [0.2, 0.25) is 0 Å². The van der Waals surface area contributed by atoms with E-state index in [0.717, 1.165) is 25.2 Å². The van der Waals surface area contributed by atoms with Crippen molar-refractivity contribution in [3.63, 3.8) is 0 Å². The number of thioether (sulfide) groups is 1. The van der Waals surface area contributed by atoms with E-state index >= 15 is 0 Å². The molecule has 0 radical (unpaired) electrons. The van der Waals surface area contributed by atoms with Crippen molar-refractivity contribution in [2.24, 2.45) is 11.8 Å². The molecule has 1 N–H and O–H groups in total. The van der Waals surface area contributed by atoms with Crippen LogP contribution in [0.15, 0.2) is 12.7 Å². The van der Waals surface area contributed by atoms with Crippen LogP contribution < -0.4 is 0 Å². The quantitative estimate of drug-likeness (QED) is 0.574. The highest BCUT2D eigenvalue weighted by Gasteiger charge is 2.30. The number of unbranched alkanes of at least 4 members (excludes halogenated alkanes) is 1. The normalized spacial score (nSPS) is 33.7. The molecular weight excluding hydrogens is 204 g/mol. The molecule has 1 rings (SSSR count). The highest BCUT2D eigenvalue weighted by molar-refractivity contribution is 7.99. The van der Waals surface area contributed by atoms with Crippen LogP contribution in [0.1, 0.15) is 39.5 Å². The van der Waals surface area contributed by atoms with Crippen molar-refractivity contribution in [1.82, 2.24) is 0 Å². The van der Waals surface area contributed by atoms with Gasteiger partial charge in [0.1, 0.15) is 0 Å². The molecule has 0 aromatic rings. The Labute approximate surface area is 98.3 Å². The minimum atomic E-state index is -0.102. The van der Waals surface area contributed by atoms with Gasteiger partial charge in [-0.3, -0.25) is 0 Å². The first-order valence-corrected chi connectivity index (χ1v) is 7.10. The third kappa shape index (κ3) is 4.20. The minimum absolute atomic E-state index is 0.102.